The molecule has 170 valence electrons. The first-order chi connectivity index (χ1) is 16.1. The van der Waals surface area contributed by atoms with Crippen molar-refractivity contribution >= 4 is 29.2 Å². The summed E-state index contributed by atoms with van der Waals surface area (Å²) in [5.74, 6) is 0. The lowest BCUT2D eigenvalue weighted by Crippen LogP contribution is -2.41. The monoisotopic (exact) mass is 464 g/mol. The number of anilines is 2. The van der Waals surface area contributed by atoms with Crippen molar-refractivity contribution in [1.82, 2.24) is 4.57 Å². The maximum atomic E-state index is 13.9. The van der Waals surface area contributed by atoms with Crippen LogP contribution in [0.15, 0.2) is 64.4 Å². The Morgan fingerprint density at radius 2 is 2.06 bits per heavy atom. The number of aromatic nitrogens is 1. The zero-order valence-electron chi connectivity index (χ0n) is 18.1. The zero-order chi connectivity index (χ0) is 22.8. The lowest BCUT2D eigenvalue weighted by atomic mass is 10.1. The third kappa shape index (κ3) is 4.39. The Morgan fingerprint density at radius 3 is 2.85 bits per heavy atom. The van der Waals surface area contributed by atoms with Crippen molar-refractivity contribution < 1.29 is 9.84 Å². The normalized spacial score (nSPS) is 17.3. The third-order valence-electron chi connectivity index (χ3n) is 5.96. The van der Waals surface area contributed by atoms with E-state index in [9.17, 15) is 9.90 Å². The molecule has 3 heterocycles. The lowest BCUT2D eigenvalue weighted by Gasteiger charge is -2.30. The van der Waals surface area contributed by atoms with Gasteiger partial charge in [-0.15, -0.1) is 0 Å². The van der Waals surface area contributed by atoms with Gasteiger partial charge in [-0.05, 0) is 42.7 Å². The molecular formula is C25H25ClN4O3. The number of rotatable bonds is 6. The van der Waals surface area contributed by atoms with Crippen molar-refractivity contribution in [3.63, 3.8) is 0 Å². The summed E-state index contributed by atoms with van der Waals surface area (Å²) in [7, 11) is 0. The molecule has 3 aromatic rings. The average Bonchev–Trinajstić information content (AvgIpc) is 3.35. The molecule has 2 aliphatic rings. The molecule has 5 rings (SSSR count). The highest BCUT2D eigenvalue weighted by Crippen LogP contribution is 2.31. The number of hydrogen-bond acceptors (Lipinski definition) is 6. The molecule has 1 aromatic heterocycles. The zero-order valence-corrected chi connectivity index (χ0v) is 18.8. The van der Waals surface area contributed by atoms with E-state index in [4.69, 9.17) is 16.3 Å². The van der Waals surface area contributed by atoms with Crippen LogP contribution in [0, 0.1) is 0 Å². The SMILES string of the molecule is O=c1c2c(cc(-c3ccccc3Cl)n1CC1CCCO1)C=NCN2Nc1cccc(CO)c1. The van der Waals surface area contributed by atoms with Crippen LogP contribution in [0.1, 0.15) is 24.0 Å². The summed E-state index contributed by atoms with van der Waals surface area (Å²) in [4.78, 5) is 18.4. The van der Waals surface area contributed by atoms with E-state index < -0.39 is 0 Å². The van der Waals surface area contributed by atoms with Crippen molar-refractivity contribution in [2.24, 2.45) is 4.99 Å². The molecule has 0 radical (unpaired) electrons. The average molecular weight is 465 g/mol. The number of pyridine rings is 1. The molecule has 0 spiro atoms. The molecule has 1 saturated heterocycles. The molecule has 2 aliphatic heterocycles. The van der Waals surface area contributed by atoms with Crippen LogP contribution in [0.4, 0.5) is 11.4 Å². The molecule has 0 saturated carbocycles. The van der Waals surface area contributed by atoms with Crippen LogP contribution in [0.25, 0.3) is 11.3 Å². The van der Waals surface area contributed by atoms with Crippen LogP contribution in [0.2, 0.25) is 5.02 Å². The quantitative estimate of drug-likeness (QED) is 0.575. The Kier molecular flexibility index (Phi) is 6.17. The van der Waals surface area contributed by atoms with Crippen LogP contribution in [-0.2, 0) is 17.9 Å². The summed E-state index contributed by atoms with van der Waals surface area (Å²) in [6.07, 6.45) is 3.63. The van der Waals surface area contributed by atoms with Gasteiger partial charge in [0.25, 0.3) is 5.56 Å². The molecule has 2 N–H and O–H groups in total. The van der Waals surface area contributed by atoms with Crippen molar-refractivity contribution in [3.05, 3.63) is 81.1 Å². The van der Waals surface area contributed by atoms with Crippen LogP contribution >= 0.6 is 11.6 Å². The number of hydrogen-bond donors (Lipinski definition) is 2. The van der Waals surface area contributed by atoms with E-state index in [-0.39, 0.29) is 24.9 Å². The second-order valence-electron chi connectivity index (χ2n) is 8.22. The van der Waals surface area contributed by atoms with Gasteiger partial charge < -0.3 is 14.4 Å². The molecule has 1 unspecified atom stereocenters. The minimum atomic E-state index is -0.130. The van der Waals surface area contributed by atoms with E-state index in [0.717, 1.165) is 40.9 Å². The van der Waals surface area contributed by atoms with Gasteiger partial charge in [-0.1, -0.05) is 41.9 Å². The number of ether oxygens (including phenoxy) is 1. The minimum absolute atomic E-state index is 0.0121. The van der Waals surface area contributed by atoms with Gasteiger partial charge >= 0.3 is 0 Å². The summed E-state index contributed by atoms with van der Waals surface area (Å²) >= 11 is 6.52. The molecule has 0 amide bonds. The number of halogens is 1. The number of aliphatic imine (C=N–C) groups is 1. The van der Waals surface area contributed by atoms with Crippen LogP contribution in [-0.4, -0.2) is 35.3 Å². The first-order valence-electron chi connectivity index (χ1n) is 11.0. The number of nitrogens with one attached hydrogen (secondary N) is 1. The van der Waals surface area contributed by atoms with Crippen LogP contribution in [0.5, 0.6) is 0 Å². The lowest BCUT2D eigenvalue weighted by molar-refractivity contribution is 0.0966. The van der Waals surface area contributed by atoms with Crippen LogP contribution in [0.3, 0.4) is 0 Å². The third-order valence-corrected chi connectivity index (χ3v) is 6.29. The van der Waals surface area contributed by atoms with Gasteiger partial charge in [-0.25, -0.2) is 0 Å². The minimum Gasteiger partial charge on any atom is -0.392 e. The topological polar surface area (TPSA) is 79.1 Å². The first kappa shape index (κ1) is 21.7. The number of aliphatic hydroxyl groups excluding tert-OH is 1. The number of benzene rings is 2. The fraction of sp³-hybridized carbons (Fsp3) is 0.280. The van der Waals surface area contributed by atoms with E-state index in [1.54, 1.807) is 15.8 Å². The number of nitrogens with zero attached hydrogens (tertiary/aromatic N) is 3. The maximum Gasteiger partial charge on any atom is 0.277 e. The fourth-order valence-electron chi connectivity index (χ4n) is 4.37. The predicted octanol–water partition coefficient (Wildman–Crippen LogP) is 4.06. The van der Waals surface area contributed by atoms with Gasteiger partial charge in [0.2, 0.25) is 0 Å². The largest absolute Gasteiger partial charge is 0.392 e. The predicted molar refractivity (Wildman–Crippen MR) is 131 cm³/mol. The van der Waals surface area contributed by atoms with Gasteiger partial charge in [-0.2, -0.15) is 0 Å². The molecule has 0 aliphatic carbocycles. The van der Waals surface area contributed by atoms with Crippen molar-refractivity contribution in [1.29, 1.82) is 0 Å². The molecule has 1 fully saturated rings. The smallest absolute Gasteiger partial charge is 0.277 e. The van der Waals surface area contributed by atoms with Gasteiger partial charge in [-0.3, -0.25) is 20.2 Å². The molecule has 1 atom stereocenters. The molecule has 8 heteroatoms. The molecule has 2 aromatic carbocycles. The number of aliphatic hydroxyl groups is 1. The number of hydrazine groups is 1. The Bertz CT molecular complexity index is 1250. The van der Waals surface area contributed by atoms with Crippen LogP contribution < -0.4 is 16.0 Å². The second-order valence-corrected chi connectivity index (χ2v) is 8.62. The van der Waals surface area contributed by atoms with Gasteiger partial charge in [0.1, 0.15) is 12.4 Å². The van der Waals surface area contributed by atoms with E-state index >= 15 is 0 Å². The van der Waals surface area contributed by atoms with E-state index in [1.165, 1.54) is 0 Å². The Morgan fingerprint density at radius 1 is 1.18 bits per heavy atom. The highest BCUT2D eigenvalue weighted by atomic mass is 35.5. The summed E-state index contributed by atoms with van der Waals surface area (Å²) in [5.41, 5.74) is 7.49. The molecule has 7 nitrogen and oxygen atoms in total. The van der Waals surface area contributed by atoms with E-state index in [0.29, 0.717) is 23.9 Å². The van der Waals surface area contributed by atoms with Gasteiger partial charge in [0.15, 0.2) is 0 Å². The number of fused-ring (bicyclic) bond motifs is 1. The first-order valence-corrected chi connectivity index (χ1v) is 11.4. The van der Waals surface area contributed by atoms with Gasteiger partial charge in [0, 0.05) is 29.0 Å². The van der Waals surface area contributed by atoms with Crippen molar-refractivity contribution in [2.75, 3.05) is 23.7 Å². The van der Waals surface area contributed by atoms with Gasteiger partial charge in [0.05, 0.1) is 30.6 Å². The maximum absolute atomic E-state index is 13.9. The summed E-state index contributed by atoms with van der Waals surface area (Å²) in [6, 6.07) is 16.9. The Hall–Kier alpha value is -3.13. The second kappa shape index (κ2) is 9.39. The van der Waals surface area contributed by atoms with E-state index in [1.807, 2.05) is 54.6 Å². The fourth-order valence-corrected chi connectivity index (χ4v) is 4.60. The van der Waals surface area contributed by atoms with Crippen molar-refractivity contribution in [2.45, 2.75) is 32.1 Å². The Balaban J connectivity index is 1.61. The Labute approximate surface area is 196 Å². The summed E-state index contributed by atoms with van der Waals surface area (Å²) < 4.78 is 7.62. The standard InChI is InChI=1S/C25H25ClN4O3/c26-22-9-2-1-8-21(22)23-12-18-13-27-16-30(28-19-6-3-5-17(11-19)15-31)24(18)25(32)29(23)14-20-7-4-10-33-20/h1-3,5-6,8-9,11-13,20,28,31H,4,7,10,14-16H2. The summed E-state index contributed by atoms with van der Waals surface area (Å²) in [6.45, 7) is 1.40. The summed E-state index contributed by atoms with van der Waals surface area (Å²) in [5, 5.41) is 11.8. The van der Waals surface area contributed by atoms with Crippen molar-refractivity contribution in [3.8, 4) is 11.3 Å². The highest BCUT2D eigenvalue weighted by Gasteiger charge is 2.26. The molecule has 0 bridgehead atoms. The molecular weight excluding hydrogens is 440 g/mol. The molecule has 33 heavy (non-hydrogen) atoms. The highest BCUT2D eigenvalue weighted by molar-refractivity contribution is 6.33. The van der Waals surface area contributed by atoms with E-state index in [2.05, 4.69) is 10.4 Å².